The van der Waals surface area contributed by atoms with Crippen LogP contribution in [0.25, 0.3) is 17.1 Å². The SMILES string of the molecule is CN1CCOc2ccc(C=CCS(=O)(=O)n3c(Cc4ccc(C(=O)O)cc4)cc4cc(C(F)(F)F)cnc43)cc21. The molecule has 0 unspecified atom stereocenters. The van der Waals surface area contributed by atoms with Gasteiger partial charge in [0.05, 0.1) is 29.1 Å². The number of alkyl halides is 3. The van der Waals surface area contributed by atoms with Gasteiger partial charge in [0.15, 0.2) is 5.65 Å². The Kier molecular flexibility index (Phi) is 7.05. The second-order valence-electron chi connectivity index (χ2n) is 9.39. The molecule has 0 fully saturated rings. The van der Waals surface area contributed by atoms with Crippen LogP contribution in [0.15, 0.2) is 66.9 Å². The molecule has 3 heterocycles. The van der Waals surface area contributed by atoms with E-state index in [4.69, 9.17) is 9.84 Å². The lowest BCUT2D eigenvalue weighted by Crippen LogP contribution is -2.28. The summed E-state index contributed by atoms with van der Waals surface area (Å²) in [7, 11) is -2.17. The van der Waals surface area contributed by atoms with E-state index in [1.807, 2.05) is 24.1 Å². The van der Waals surface area contributed by atoms with Gasteiger partial charge < -0.3 is 14.7 Å². The molecule has 4 aromatic rings. The van der Waals surface area contributed by atoms with Gasteiger partial charge >= 0.3 is 12.1 Å². The fraction of sp³-hybridized carbons (Fsp3) is 0.214. The number of anilines is 1. The lowest BCUT2D eigenvalue weighted by molar-refractivity contribution is -0.137. The topological polar surface area (TPSA) is 102 Å². The molecule has 0 radical (unpaired) electrons. The van der Waals surface area contributed by atoms with Crippen LogP contribution in [0.3, 0.4) is 0 Å². The average Bonchev–Trinajstić information content (AvgIpc) is 3.27. The number of aromatic nitrogens is 2. The summed E-state index contributed by atoms with van der Waals surface area (Å²) in [6.45, 7) is 1.30. The zero-order chi connectivity index (χ0) is 28.7. The Morgan fingerprint density at radius 3 is 2.58 bits per heavy atom. The van der Waals surface area contributed by atoms with E-state index in [0.717, 1.165) is 33.6 Å². The van der Waals surface area contributed by atoms with Crippen LogP contribution in [-0.2, 0) is 22.6 Å². The van der Waals surface area contributed by atoms with Crippen LogP contribution >= 0.6 is 0 Å². The van der Waals surface area contributed by atoms with Crippen molar-refractivity contribution in [2.45, 2.75) is 12.6 Å². The molecule has 1 aliphatic heterocycles. The number of benzene rings is 2. The van der Waals surface area contributed by atoms with Gasteiger partial charge in [0.25, 0.3) is 0 Å². The van der Waals surface area contributed by atoms with E-state index in [0.29, 0.717) is 18.4 Å². The van der Waals surface area contributed by atoms with Gasteiger partial charge in [0, 0.05) is 30.7 Å². The number of halogens is 3. The van der Waals surface area contributed by atoms with Gasteiger partial charge in [-0.05, 0) is 47.5 Å². The van der Waals surface area contributed by atoms with Gasteiger partial charge in [-0.2, -0.15) is 13.2 Å². The maximum absolute atomic E-state index is 13.6. The number of pyridine rings is 1. The number of likely N-dealkylation sites (N-methyl/N-ethyl adjacent to an activating group) is 1. The summed E-state index contributed by atoms with van der Waals surface area (Å²) in [6.07, 6.45) is -0.877. The number of hydrogen-bond donors (Lipinski definition) is 1. The number of carboxylic acid groups (broad SMARTS) is 1. The van der Waals surface area contributed by atoms with Gasteiger partial charge in [-0.25, -0.2) is 22.2 Å². The normalized spacial score (nSPS) is 13.9. The molecule has 1 N–H and O–H groups in total. The standard InChI is InChI=1S/C28H24F3N3O5S/c1-33-10-11-39-25-9-6-18(14-24(25)33)3-2-12-40(37,38)34-23(13-19-4-7-20(8-5-19)27(35)36)16-21-15-22(28(29,30)31)17-32-26(21)34/h2-9,14-17H,10-13H2,1H3,(H,35,36). The summed E-state index contributed by atoms with van der Waals surface area (Å²) in [6, 6.07) is 13.6. The number of nitrogens with zero attached hydrogens (tertiary/aromatic N) is 3. The summed E-state index contributed by atoms with van der Waals surface area (Å²) < 4.78 is 73.7. The Labute approximate surface area is 228 Å². The molecule has 40 heavy (non-hydrogen) atoms. The van der Waals surface area contributed by atoms with Crippen LogP contribution < -0.4 is 9.64 Å². The van der Waals surface area contributed by atoms with E-state index in [2.05, 4.69) is 4.98 Å². The van der Waals surface area contributed by atoms with Crippen molar-refractivity contribution in [3.63, 3.8) is 0 Å². The summed E-state index contributed by atoms with van der Waals surface area (Å²) in [4.78, 5) is 17.1. The van der Waals surface area contributed by atoms with E-state index in [1.165, 1.54) is 36.4 Å². The number of carboxylic acids is 1. The lowest BCUT2D eigenvalue weighted by Gasteiger charge is -2.27. The largest absolute Gasteiger partial charge is 0.490 e. The molecule has 2 aromatic carbocycles. The molecule has 0 aliphatic carbocycles. The lowest BCUT2D eigenvalue weighted by atomic mass is 10.1. The maximum atomic E-state index is 13.6. The van der Waals surface area contributed by atoms with Crippen molar-refractivity contribution in [3.8, 4) is 5.75 Å². The van der Waals surface area contributed by atoms with E-state index in [-0.39, 0.29) is 28.7 Å². The van der Waals surface area contributed by atoms with E-state index in [9.17, 15) is 26.4 Å². The molecule has 1 aliphatic rings. The number of carbonyl (C=O) groups is 1. The van der Waals surface area contributed by atoms with E-state index >= 15 is 0 Å². The summed E-state index contributed by atoms with van der Waals surface area (Å²) >= 11 is 0. The van der Waals surface area contributed by atoms with Crippen LogP contribution in [0.5, 0.6) is 5.75 Å². The van der Waals surface area contributed by atoms with Crippen LogP contribution in [0, 0.1) is 0 Å². The maximum Gasteiger partial charge on any atom is 0.417 e. The zero-order valence-electron chi connectivity index (χ0n) is 21.2. The van der Waals surface area contributed by atoms with Crippen LogP contribution in [0.2, 0.25) is 0 Å². The number of hydrogen-bond acceptors (Lipinski definition) is 6. The molecule has 0 bridgehead atoms. The van der Waals surface area contributed by atoms with Gasteiger partial charge in [-0.3, -0.25) is 0 Å². The molecule has 0 spiro atoms. The quantitative estimate of drug-likeness (QED) is 0.331. The molecule has 5 rings (SSSR count). The van der Waals surface area contributed by atoms with Crippen molar-refractivity contribution in [3.05, 3.63) is 94.8 Å². The predicted octanol–water partition coefficient (Wildman–Crippen LogP) is 5.06. The van der Waals surface area contributed by atoms with Crippen LogP contribution in [0.4, 0.5) is 18.9 Å². The molecule has 8 nitrogen and oxygen atoms in total. The number of aromatic carboxylic acids is 1. The Bertz CT molecular complexity index is 1730. The minimum absolute atomic E-state index is 0.0252. The Morgan fingerprint density at radius 2 is 1.88 bits per heavy atom. The molecule has 0 atom stereocenters. The van der Waals surface area contributed by atoms with Crippen LogP contribution in [-0.4, -0.2) is 54.4 Å². The van der Waals surface area contributed by atoms with Crippen molar-refractivity contribution in [2.24, 2.45) is 0 Å². The minimum atomic E-state index is -4.65. The number of fused-ring (bicyclic) bond motifs is 2. The third-order valence-electron chi connectivity index (χ3n) is 6.56. The third kappa shape index (κ3) is 5.53. The molecule has 2 aromatic heterocycles. The van der Waals surface area contributed by atoms with Crippen molar-refractivity contribution < 1.29 is 36.2 Å². The minimum Gasteiger partial charge on any atom is -0.490 e. The smallest absolute Gasteiger partial charge is 0.417 e. The Hall–Kier alpha value is -4.32. The fourth-order valence-corrected chi connectivity index (χ4v) is 5.92. The van der Waals surface area contributed by atoms with Crippen molar-refractivity contribution in [1.29, 1.82) is 0 Å². The Morgan fingerprint density at radius 1 is 1.12 bits per heavy atom. The van der Waals surface area contributed by atoms with E-state index in [1.54, 1.807) is 12.1 Å². The van der Waals surface area contributed by atoms with Crippen molar-refractivity contribution in [1.82, 2.24) is 8.96 Å². The second-order valence-corrected chi connectivity index (χ2v) is 11.3. The molecule has 208 valence electrons. The fourth-order valence-electron chi connectivity index (χ4n) is 4.54. The van der Waals surface area contributed by atoms with Crippen LogP contribution in [0.1, 0.15) is 32.7 Å². The Balaban J connectivity index is 1.50. The van der Waals surface area contributed by atoms with Gasteiger partial charge in [-0.15, -0.1) is 0 Å². The third-order valence-corrected chi connectivity index (χ3v) is 8.14. The van der Waals surface area contributed by atoms with Gasteiger partial charge in [0.2, 0.25) is 10.0 Å². The molecular weight excluding hydrogens is 547 g/mol. The molecule has 12 heteroatoms. The highest BCUT2D eigenvalue weighted by molar-refractivity contribution is 7.90. The molecular formula is C28H24F3N3O5S. The summed E-state index contributed by atoms with van der Waals surface area (Å²) in [5, 5.41) is 9.17. The zero-order valence-corrected chi connectivity index (χ0v) is 22.0. The molecule has 0 saturated carbocycles. The van der Waals surface area contributed by atoms with Crippen molar-refractivity contribution >= 4 is 38.8 Å². The van der Waals surface area contributed by atoms with Gasteiger partial charge in [0.1, 0.15) is 12.4 Å². The first-order valence-electron chi connectivity index (χ1n) is 12.2. The molecule has 0 saturated heterocycles. The number of ether oxygens (including phenoxy) is 1. The predicted molar refractivity (Wildman–Crippen MR) is 144 cm³/mol. The highest BCUT2D eigenvalue weighted by Gasteiger charge is 2.32. The first-order chi connectivity index (χ1) is 18.9. The second kappa shape index (κ2) is 10.3. The highest BCUT2D eigenvalue weighted by atomic mass is 32.2. The monoisotopic (exact) mass is 571 g/mol. The first kappa shape index (κ1) is 27.3. The number of rotatable bonds is 7. The molecule has 0 amide bonds. The highest BCUT2D eigenvalue weighted by Crippen LogP contribution is 2.33. The summed E-state index contributed by atoms with van der Waals surface area (Å²) in [5.41, 5.74) is 1.36. The average molecular weight is 572 g/mol. The van der Waals surface area contributed by atoms with Gasteiger partial charge in [-0.1, -0.05) is 30.4 Å². The summed E-state index contributed by atoms with van der Waals surface area (Å²) in [5.74, 6) is -0.812. The van der Waals surface area contributed by atoms with Crippen molar-refractivity contribution in [2.75, 3.05) is 30.9 Å². The first-order valence-corrected chi connectivity index (χ1v) is 13.8. The van der Waals surface area contributed by atoms with E-state index < -0.39 is 33.5 Å².